The first-order valence-electron chi connectivity index (χ1n) is 7.53. The predicted octanol–water partition coefficient (Wildman–Crippen LogP) is 4.98. The summed E-state index contributed by atoms with van der Waals surface area (Å²) in [5.74, 6) is 0.862. The molecular formula is C20H15N3. The third kappa shape index (κ3) is 2.77. The molecule has 0 saturated heterocycles. The third-order valence-corrected chi connectivity index (χ3v) is 3.71. The first kappa shape index (κ1) is 13.5. The van der Waals surface area contributed by atoms with Crippen molar-refractivity contribution in [2.24, 2.45) is 4.99 Å². The monoisotopic (exact) mass is 297 g/mol. The van der Waals surface area contributed by atoms with Gasteiger partial charge in [0.1, 0.15) is 5.82 Å². The third-order valence-electron chi connectivity index (χ3n) is 3.71. The molecule has 110 valence electrons. The van der Waals surface area contributed by atoms with Crippen LogP contribution >= 0.6 is 0 Å². The first-order valence-corrected chi connectivity index (χ1v) is 7.53. The van der Waals surface area contributed by atoms with Crippen LogP contribution < -0.4 is 0 Å². The van der Waals surface area contributed by atoms with Gasteiger partial charge in [0.15, 0.2) is 0 Å². The number of imidazole rings is 1. The van der Waals surface area contributed by atoms with Crippen molar-refractivity contribution in [3.63, 3.8) is 0 Å². The van der Waals surface area contributed by atoms with Crippen LogP contribution in [0.2, 0.25) is 0 Å². The largest absolute Gasteiger partial charge is 0.338 e. The lowest BCUT2D eigenvalue weighted by Gasteiger charge is -2.02. The topological polar surface area (TPSA) is 41.0 Å². The van der Waals surface area contributed by atoms with Gasteiger partial charge in [-0.3, -0.25) is 4.99 Å². The number of hydrogen-bond acceptors (Lipinski definition) is 2. The van der Waals surface area contributed by atoms with Crippen molar-refractivity contribution >= 4 is 22.9 Å². The SMILES string of the molecule is C(=Nc1ccccc1)c1ccccc1-c1nc2ccccc2[nH]1. The number of aromatic amines is 1. The Bertz CT molecular complexity index is 935. The van der Waals surface area contributed by atoms with Crippen LogP contribution in [0.4, 0.5) is 5.69 Å². The van der Waals surface area contributed by atoms with Crippen LogP contribution in [0, 0.1) is 0 Å². The summed E-state index contributed by atoms with van der Waals surface area (Å²) in [5, 5.41) is 0. The molecule has 1 aromatic heterocycles. The molecule has 3 aromatic carbocycles. The van der Waals surface area contributed by atoms with E-state index in [1.807, 2.05) is 72.9 Å². The van der Waals surface area contributed by atoms with Gasteiger partial charge >= 0.3 is 0 Å². The average Bonchev–Trinajstić information content (AvgIpc) is 3.05. The highest BCUT2D eigenvalue weighted by Crippen LogP contribution is 2.23. The Labute approximate surface area is 134 Å². The Morgan fingerprint density at radius 3 is 2.39 bits per heavy atom. The highest BCUT2D eigenvalue weighted by molar-refractivity contribution is 5.91. The van der Waals surface area contributed by atoms with Gasteiger partial charge in [0.25, 0.3) is 0 Å². The quantitative estimate of drug-likeness (QED) is 0.532. The molecule has 0 fully saturated rings. The molecule has 0 bridgehead atoms. The highest BCUT2D eigenvalue weighted by atomic mass is 14.9. The van der Waals surface area contributed by atoms with Crippen LogP contribution in [-0.4, -0.2) is 16.2 Å². The fourth-order valence-corrected chi connectivity index (χ4v) is 2.56. The van der Waals surface area contributed by atoms with Crippen LogP contribution in [0.3, 0.4) is 0 Å². The van der Waals surface area contributed by atoms with E-state index < -0.39 is 0 Å². The van der Waals surface area contributed by atoms with E-state index >= 15 is 0 Å². The highest BCUT2D eigenvalue weighted by Gasteiger charge is 2.08. The standard InChI is InChI=1S/C20H15N3/c1-2-9-16(10-3-1)21-14-15-8-4-5-11-17(15)20-22-18-12-6-7-13-19(18)23-20/h1-14H,(H,22,23). The summed E-state index contributed by atoms with van der Waals surface area (Å²) >= 11 is 0. The molecule has 0 saturated carbocycles. The molecule has 0 radical (unpaired) electrons. The first-order chi connectivity index (χ1) is 11.4. The molecule has 0 unspecified atom stereocenters. The van der Waals surface area contributed by atoms with Crippen molar-refractivity contribution in [1.29, 1.82) is 0 Å². The molecule has 0 amide bonds. The fourth-order valence-electron chi connectivity index (χ4n) is 2.56. The average molecular weight is 297 g/mol. The maximum atomic E-state index is 4.68. The van der Waals surface area contributed by atoms with Gasteiger partial charge in [0.2, 0.25) is 0 Å². The second-order valence-corrected chi connectivity index (χ2v) is 5.28. The van der Waals surface area contributed by atoms with Gasteiger partial charge < -0.3 is 4.98 Å². The van der Waals surface area contributed by atoms with Crippen LogP contribution in [0.15, 0.2) is 83.9 Å². The molecule has 4 aromatic rings. The Morgan fingerprint density at radius 1 is 0.783 bits per heavy atom. The normalized spacial score (nSPS) is 11.3. The number of rotatable bonds is 3. The lowest BCUT2D eigenvalue weighted by Crippen LogP contribution is -1.89. The van der Waals surface area contributed by atoms with E-state index in [-0.39, 0.29) is 0 Å². The van der Waals surface area contributed by atoms with Gasteiger partial charge in [0.05, 0.1) is 16.7 Å². The van der Waals surface area contributed by atoms with Crippen molar-refractivity contribution < 1.29 is 0 Å². The molecule has 4 rings (SSSR count). The van der Waals surface area contributed by atoms with Crippen molar-refractivity contribution in [3.05, 3.63) is 84.4 Å². The maximum Gasteiger partial charge on any atom is 0.139 e. The van der Waals surface area contributed by atoms with Gasteiger partial charge in [-0.2, -0.15) is 0 Å². The molecule has 3 heteroatoms. The molecule has 0 atom stereocenters. The summed E-state index contributed by atoms with van der Waals surface area (Å²) in [6.45, 7) is 0. The van der Waals surface area contributed by atoms with Crippen molar-refractivity contribution in [3.8, 4) is 11.4 Å². The minimum atomic E-state index is 0.862. The van der Waals surface area contributed by atoms with Crippen molar-refractivity contribution in [1.82, 2.24) is 9.97 Å². The van der Waals surface area contributed by atoms with E-state index in [0.29, 0.717) is 0 Å². The van der Waals surface area contributed by atoms with E-state index in [1.165, 1.54) is 0 Å². The minimum Gasteiger partial charge on any atom is -0.338 e. The molecule has 1 N–H and O–H groups in total. The Morgan fingerprint density at radius 2 is 1.52 bits per heavy atom. The van der Waals surface area contributed by atoms with Crippen LogP contribution in [-0.2, 0) is 0 Å². The van der Waals surface area contributed by atoms with E-state index in [2.05, 4.69) is 27.1 Å². The second kappa shape index (κ2) is 5.89. The zero-order valence-electron chi connectivity index (χ0n) is 12.5. The van der Waals surface area contributed by atoms with E-state index in [1.54, 1.807) is 0 Å². The number of fused-ring (bicyclic) bond motifs is 1. The van der Waals surface area contributed by atoms with Gasteiger partial charge in [0, 0.05) is 17.3 Å². The number of nitrogens with one attached hydrogen (secondary N) is 1. The maximum absolute atomic E-state index is 4.68. The van der Waals surface area contributed by atoms with Crippen molar-refractivity contribution in [2.75, 3.05) is 0 Å². The molecule has 3 nitrogen and oxygen atoms in total. The number of hydrogen-bond donors (Lipinski definition) is 1. The number of aromatic nitrogens is 2. The molecule has 0 spiro atoms. The van der Waals surface area contributed by atoms with Gasteiger partial charge in [-0.05, 0) is 24.3 Å². The number of para-hydroxylation sites is 3. The Balaban J connectivity index is 1.76. The molecule has 0 aliphatic carbocycles. The minimum absolute atomic E-state index is 0.862. The summed E-state index contributed by atoms with van der Waals surface area (Å²) in [6, 6.07) is 26.1. The van der Waals surface area contributed by atoms with Crippen LogP contribution in [0.25, 0.3) is 22.4 Å². The summed E-state index contributed by atoms with van der Waals surface area (Å²) in [5.41, 5.74) is 5.03. The zero-order chi connectivity index (χ0) is 15.5. The lowest BCUT2D eigenvalue weighted by molar-refractivity contribution is 1.33. The van der Waals surface area contributed by atoms with Gasteiger partial charge in [-0.25, -0.2) is 4.98 Å². The van der Waals surface area contributed by atoms with Crippen LogP contribution in [0.5, 0.6) is 0 Å². The molecule has 1 heterocycles. The van der Waals surface area contributed by atoms with E-state index in [4.69, 9.17) is 0 Å². The van der Waals surface area contributed by atoms with Gasteiger partial charge in [-0.1, -0.05) is 54.6 Å². The predicted molar refractivity (Wildman–Crippen MR) is 95.2 cm³/mol. The molecule has 0 aliphatic heterocycles. The summed E-state index contributed by atoms with van der Waals surface area (Å²) in [7, 11) is 0. The van der Waals surface area contributed by atoms with Crippen molar-refractivity contribution in [2.45, 2.75) is 0 Å². The summed E-state index contributed by atoms with van der Waals surface area (Å²) < 4.78 is 0. The number of aliphatic imine (C=N–C) groups is 1. The molecule has 0 aliphatic rings. The second-order valence-electron chi connectivity index (χ2n) is 5.28. The van der Waals surface area contributed by atoms with Crippen LogP contribution in [0.1, 0.15) is 5.56 Å². The Hall–Kier alpha value is -3.20. The summed E-state index contributed by atoms with van der Waals surface area (Å²) in [4.78, 5) is 12.6. The number of H-pyrrole nitrogens is 1. The fraction of sp³-hybridized carbons (Fsp3) is 0. The smallest absolute Gasteiger partial charge is 0.139 e. The zero-order valence-corrected chi connectivity index (χ0v) is 12.5. The Kier molecular flexibility index (Phi) is 3.45. The molecule has 23 heavy (non-hydrogen) atoms. The number of benzene rings is 3. The van der Waals surface area contributed by atoms with E-state index in [9.17, 15) is 0 Å². The van der Waals surface area contributed by atoms with Gasteiger partial charge in [-0.15, -0.1) is 0 Å². The lowest BCUT2D eigenvalue weighted by atomic mass is 10.1. The van der Waals surface area contributed by atoms with E-state index in [0.717, 1.165) is 33.7 Å². The number of nitrogens with zero attached hydrogens (tertiary/aromatic N) is 2. The summed E-state index contributed by atoms with van der Waals surface area (Å²) in [6.07, 6.45) is 1.89. The molecular weight excluding hydrogens is 282 g/mol.